The van der Waals surface area contributed by atoms with Crippen molar-refractivity contribution in [1.82, 2.24) is 4.31 Å². The normalized spacial score (nSPS) is 10.4. The first kappa shape index (κ1) is 27.2. The molecule has 1 N–H and O–H groups in total. The zero-order chi connectivity index (χ0) is 14.6. The van der Waals surface area contributed by atoms with E-state index in [4.69, 9.17) is 5.11 Å². The Hall–Kier alpha value is 0.392. The van der Waals surface area contributed by atoms with Gasteiger partial charge in [-0.1, -0.05) is 17.7 Å². The Morgan fingerprint density at radius 1 is 1.27 bits per heavy atom. The molecule has 0 spiro atoms. The number of hydrogen-bond donors (Lipinski definition) is 1. The van der Waals surface area contributed by atoms with E-state index < -0.39 is 22.0 Å². The summed E-state index contributed by atoms with van der Waals surface area (Å²) < 4.78 is 25.7. The number of carbonyl (C=O) groups is 1. The van der Waals surface area contributed by atoms with E-state index in [2.05, 4.69) is 13.8 Å². The van der Waals surface area contributed by atoms with Gasteiger partial charge in [0.1, 0.15) is 0 Å². The van der Waals surface area contributed by atoms with Crippen LogP contribution in [0.1, 0.15) is 12.0 Å². The van der Waals surface area contributed by atoms with Crippen LogP contribution in [0.15, 0.2) is 29.2 Å². The van der Waals surface area contributed by atoms with Gasteiger partial charge in [-0.3, -0.25) is 9.10 Å². The summed E-state index contributed by atoms with van der Waals surface area (Å²) in [5.41, 5.74) is 0.942. The summed E-state index contributed by atoms with van der Waals surface area (Å²) in [5.74, 6) is -1.07. The molecule has 0 unspecified atom stereocenters. The van der Waals surface area contributed by atoms with Crippen LogP contribution in [0.2, 0.25) is 0 Å². The van der Waals surface area contributed by atoms with Gasteiger partial charge in [0, 0.05) is 39.3 Å². The molecule has 22 heavy (non-hydrogen) atoms. The zero-order valence-electron chi connectivity index (χ0n) is 12.7. The first-order valence-electron chi connectivity index (χ1n) is 5.71. The summed E-state index contributed by atoms with van der Waals surface area (Å²) in [6, 6.07) is 5.56. The van der Waals surface area contributed by atoms with Crippen LogP contribution in [0.4, 0.5) is 0 Å². The van der Waals surface area contributed by atoms with E-state index in [0.29, 0.717) is 0 Å². The Balaban J connectivity index is -0.00000120. The maximum absolute atomic E-state index is 12.4. The fraction of sp³-hybridized carbons (Fsp3) is 0.286. The van der Waals surface area contributed by atoms with E-state index in [9.17, 15) is 13.2 Å². The molecular weight excluding hydrogens is 551 g/mol. The van der Waals surface area contributed by atoms with Crippen LogP contribution < -0.4 is 0 Å². The van der Waals surface area contributed by atoms with Gasteiger partial charge in [0.05, 0.1) is 11.3 Å². The van der Waals surface area contributed by atoms with E-state index in [-0.39, 0.29) is 79.1 Å². The Bertz CT molecular complexity index is 546. The van der Waals surface area contributed by atoms with E-state index >= 15 is 0 Å². The fourth-order valence-corrected chi connectivity index (χ4v) is 3.03. The number of sulfonamides is 1. The van der Waals surface area contributed by atoms with Crippen LogP contribution in [0.5, 0.6) is 0 Å². The molecule has 1 radical (unpaired) electrons. The van der Waals surface area contributed by atoms with Crippen molar-refractivity contribution >= 4 is 16.0 Å². The van der Waals surface area contributed by atoms with Crippen LogP contribution >= 0.6 is 0 Å². The van der Waals surface area contributed by atoms with Crippen LogP contribution in [-0.2, 0) is 68.6 Å². The molecule has 0 aliphatic heterocycles. The summed E-state index contributed by atoms with van der Waals surface area (Å²) in [7, 11) is -3.77. The molecule has 1 aromatic carbocycles. The van der Waals surface area contributed by atoms with Crippen LogP contribution in [-0.4, -0.2) is 36.4 Å². The molecule has 0 heterocycles. The van der Waals surface area contributed by atoms with Crippen LogP contribution in [0.25, 0.3) is 0 Å². The molecule has 5 nitrogen and oxygen atoms in total. The van der Waals surface area contributed by atoms with Gasteiger partial charge in [0.15, 0.2) is 0 Å². The minimum Gasteiger partial charge on any atom is -0.481 e. The number of aryl methyl sites for hydroxylation is 1. The molecule has 0 atom stereocenters. The van der Waals surface area contributed by atoms with E-state index in [0.717, 1.165) is 9.87 Å². The third-order valence-electron chi connectivity index (χ3n) is 2.58. The number of hydrogen-bond acceptors (Lipinski definition) is 3. The molecule has 0 bridgehead atoms. The van der Waals surface area contributed by atoms with Crippen molar-refractivity contribution in [3.63, 3.8) is 0 Å². The number of carboxylic acid groups (broad SMARTS) is 1. The topological polar surface area (TPSA) is 74.7 Å². The summed E-state index contributed by atoms with van der Waals surface area (Å²) >= 11 is 0. The van der Waals surface area contributed by atoms with E-state index in [1.54, 1.807) is 12.1 Å². The predicted octanol–water partition coefficient (Wildman–Crippen LogP) is 1.94. The maximum atomic E-state index is 12.4. The number of benzene rings is 1. The van der Waals surface area contributed by atoms with Gasteiger partial charge in [-0.15, -0.1) is 0 Å². The molecule has 0 aromatic heterocycles. The monoisotopic (exact) mass is 571 g/mol. The minimum absolute atomic E-state index is 0. The molecule has 0 saturated carbocycles. The minimum atomic E-state index is -3.77. The Morgan fingerprint density at radius 2 is 1.73 bits per heavy atom. The maximum Gasteiger partial charge on any atom is 2.00 e. The van der Waals surface area contributed by atoms with E-state index in [1.165, 1.54) is 12.1 Å². The molecule has 1 rings (SSSR count). The van der Waals surface area contributed by atoms with Crippen molar-refractivity contribution < 1.29 is 72.1 Å². The Kier molecular flexibility index (Phi) is 14.7. The number of aliphatic carboxylic acids is 1. The van der Waals surface area contributed by atoms with Gasteiger partial charge in [0.25, 0.3) is 0 Å². The van der Waals surface area contributed by atoms with Gasteiger partial charge >= 0.3 is 27.0 Å². The Labute approximate surface area is 173 Å². The zero-order valence-corrected chi connectivity index (χ0v) is 19.3. The smallest absolute Gasteiger partial charge is 0.481 e. The van der Waals surface area contributed by atoms with Crippen molar-refractivity contribution in [2.75, 3.05) is 6.54 Å². The van der Waals surface area contributed by atoms with E-state index in [1.807, 2.05) is 6.92 Å². The quantitative estimate of drug-likeness (QED) is 0.531. The fourth-order valence-electron chi connectivity index (χ4n) is 1.55. The summed E-state index contributed by atoms with van der Waals surface area (Å²) in [6.07, 6.45) is -0.285. The van der Waals surface area contributed by atoms with Crippen molar-refractivity contribution in [1.29, 1.82) is 0 Å². The average Bonchev–Trinajstić information content (AvgIpc) is 2.28. The third kappa shape index (κ3) is 7.78. The second-order valence-electron chi connectivity index (χ2n) is 4.23. The largest absolute Gasteiger partial charge is 2.00 e. The SMILES string of the molecule is [CH2-]C([CH2-])N(CCC(=O)O)S(=O)(=O)c1ccc(C)cc1.[CH3-].[W+2].[Y]. The standard InChI is InChI=1S/C13H17NO4S.CH3.W.Y/c1-10(2)14(9-8-13(15)16)19(17,18)12-6-4-11(3)5-7-12;;;/h4-7,10H,1-2,8-9H2,3H3,(H,15,16);1H3;;/q-2;-1;+2;. The predicted molar refractivity (Wildman–Crippen MR) is 78.2 cm³/mol. The molecule has 0 amide bonds. The molecule has 1 aromatic rings. The van der Waals surface area contributed by atoms with Gasteiger partial charge in [0.2, 0.25) is 10.0 Å². The third-order valence-corrected chi connectivity index (χ3v) is 4.55. The summed E-state index contributed by atoms with van der Waals surface area (Å²) in [4.78, 5) is 10.7. The first-order valence-corrected chi connectivity index (χ1v) is 7.15. The van der Waals surface area contributed by atoms with Crippen molar-refractivity contribution in [3.8, 4) is 0 Å². The number of carboxylic acids is 1. The van der Waals surface area contributed by atoms with Crippen molar-refractivity contribution in [2.45, 2.75) is 24.3 Å². The molecule has 0 fully saturated rings. The molecule has 0 aliphatic rings. The molecule has 121 valence electrons. The van der Waals surface area contributed by atoms with Gasteiger partial charge < -0.3 is 26.4 Å². The second-order valence-corrected chi connectivity index (χ2v) is 6.12. The van der Waals surface area contributed by atoms with Gasteiger partial charge in [-0.05, 0) is 19.1 Å². The number of nitrogens with zero attached hydrogens (tertiary/aromatic N) is 1. The molecular formula is C14H20NO4SWY-. The molecule has 0 aliphatic carbocycles. The first-order chi connectivity index (χ1) is 8.75. The van der Waals surface area contributed by atoms with Crippen LogP contribution in [0.3, 0.4) is 0 Å². The number of rotatable bonds is 6. The second kappa shape index (κ2) is 11.9. The van der Waals surface area contributed by atoms with Crippen molar-refractivity contribution in [3.05, 3.63) is 51.1 Å². The molecule has 0 saturated heterocycles. The average molecular weight is 571 g/mol. The summed E-state index contributed by atoms with van der Waals surface area (Å²) in [5, 5.41) is 8.65. The molecule has 8 heteroatoms. The van der Waals surface area contributed by atoms with Gasteiger partial charge in [-0.25, -0.2) is 14.5 Å². The van der Waals surface area contributed by atoms with Gasteiger partial charge in [-0.2, -0.15) is 0 Å². The Morgan fingerprint density at radius 3 is 2.09 bits per heavy atom. The van der Waals surface area contributed by atoms with Crippen molar-refractivity contribution in [2.24, 2.45) is 0 Å². The van der Waals surface area contributed by atoms with Crippen LogP contribution in [0, 0.1) is 28.2 Å². The summed E-state index contributed by atoms with van der Waals surface area (Å²) in [6.45, 7) is 8.84.